The van der Waals surface area contributed by atoms with E-state index in [4.69, 9.17) is 0 Å². The summed E-state index contributed by atoms with van der Waals surface area (Å²) in [6.07, 6.45) is 1.34. The van der Waals surface area contributed by atoms with Gasteiger partial charge in [0.25, 0.3) is 6.43 Å². The summed E-state index contributed by atoms with van der Waals surface area (Å²) in [5, 5.41) is 7.16. The fourth-order valence-corrected chi connectivity index (χ4v) is 1.44. The number of alkyl halides is 2. The summed E-state index contributed by atoms with van der Waals surface area (Å²) in [5.74, 6) is 0.664. The lowest BCUT2D eigenvalue weighted by Crippen LogP contribution is -2.15. The maximum atomic E-state index is 12.0. The van der Waals surface area contributed by atoms with Crippen molar-refractivity contribution >= 4 is 5.82 Å². The van der Waals surface area contributed by atoms with Crippen molar-refractivity contribution in [2.24, 2.45) is 0 Å². The molecule has 0 amide bonds. The molecule has 1 N–H and O–H groups in total. The molecule has 1 heterocycles. The van der Waals surface area contributed by atoms with Crippen LogP contribution in [0, 0.1) is 0 Å². The number of nitrogens with zero attached hydrogens (tertiary/aromatic N) is 2. The third-order valence-corrected chi connectivity index (χ3v) is 2.08. The van der Waals surface area contributed by atoms with Gasteiger partial charge in [-0.2, -0.15) is 5.10 Å². The second-order valence-electron chi connectivity index (χ2n) is 3.65. The Hall–Kier alpha value is -1.13. The van der Waals surface area contributed by atoms with Crippen molar-refractivity contribution in [3.8, 4) is 0 Å². The number of hydrogen-bond donors (Lipinski definition) is 1. The highest BCUT2D eigenvalue weighted by molar-refractivity contribution is 5.33. The van der Waals surface area contributed by atoms with E-state index < -0.39 is 6.43 Å². The maximum Gasteiger partial charge on any atom is 0.257 e. The second-order valence-corrected chi connectivity index (χ2v) is 3.65. The van der Waals surface area contributed by atoms with E-state index in [0.29, 0.717) is 11.9 Å². The maximum absolute atomic E-state index is 12.0. The van der Waals surface area contributed by atoms with Crippen LogP contribution < -0.4 is 5.32 Å². The number of nitrogens with one attached hydrogen (secondary N) is 1. The van der Waals surface area contributed by atoms with Crippen LogP contribution in [0.25, 0.3) is 0 Å². The molecule has 0 fully saturated rings. The minimum absolute atomic E-state index is 0.324. The summed E-state index contributed by atoms with van der Waals surface area (Å²) < 4.78 is 25.3. The second kappa shape index (κ2) is 5.68. The van der Waals surface area contributed by atoms with Gasteiger partial charge in [-0.05, 0) is 13.3 Å². The molecule has 0 bridgehead atoms. The molecule has 3 nitrogen and oxygen atoms in total. The molecule has 1 aromatic heterocycles. The van der Waals surface area contributed by atoms with E-state index in [9.17, 15) is 8.78 Å². The molecular formula is C10H17F2N3. The van der Waals surface area contributed by atoms with Crippen molar-refractivity contribution in [2.45, 2.75) is 45.7 Å². The molecule has 1 rings (SSSR count). The monoisotopic (exact) mass is 217 g/mol. The van der Waals surface area contributed by atoms with Crippen LogP contribution in [0.3, 0.4) is 0 Å². The summed E-state index contributed by atoms with van der Waals surface area (Å²) in [6.45, 7) is 3.81. The first-order valence-electron chi connectivity index (χ1n) is 5.20. The zero-order valence-corrected chi connectivity index (χ0v) is 9.08. The Labute approximate surface area is 88.5 Å². The first-order valence-corrected chi connectivity index (χ1v) is 5.20. The highest BCUT2D eigenvalue weighted by Gasteiger charge is 2.07. The van der Waals surface area contributed by atoms with Crippen LogP contribution in [-0.2, 0) is 6.54 Å². The molecule has 0 aromatic carbocycles. The number of aromatic nitrogens is 2. The minimum atomic E-state index is -2.36. The summed E-state index contributed by atoms with van der Waals surface area (Å²) in [6, 6.07) is 2.04. The molecule has 0 saturated carbocycles. The zero-order chi connectivity index (χ0) is 11.3. The van der Waals surface area contributed by atoms with Crippen LogP contribution in [0.1, 0.15) is 26.7 Å². The van der Waals surface area contributed by atoms with Gasteiger partial charge >= 0.3 is 0 Å². The van der Waals surface area contributed by atoms with E-state index in [1.807, 2.05) is 0 Å². The molecular weight excluding hydrogens is 200 g/mol. The molecule has 0 aliphatic carbocycles. The average molecular weight is 217 g/mol. The smallest absolute Gasteiger partial charge is 0.257 e. The predicted octanol–water partition coefficient (Wildman–Crippen LogP) is 2.75. The third-order valence-electron chi connectivity index (χ3n) is 2.08. The third kappa shape index (κ3) is 4.27. The molecule has 1 atom stereocenters. The van der Waals surface area contributed by atoms with Crippen LogP contribution in [0.4, 0.5) is 14.6 Å². The molecule has 86 valence electrons. The van der Waals surface area contributed by atoms with Gasteiger partial charge in [0.1, 0.15) is 12.4 Å². The number of hydrogen-bond acceptors (Lipinski definition) is 2. The number of anilines is 1. The normalized spacial score (nSPS) is 13.1. The predicted molar refractivity (Wildman–Crippen MR) is 56.2 cm³/mol. The van der Waals surface area contributed by atoms with Gasteiger partial charge in [0.15, 0.2) is 0 Å². The van der Waals surface area contributed by atoms with Gasteiger partial charge in [0.05, 0.1) is 0 Å². The number of rotatable bonds is 6. The molecule has 0 spiro atoms. The van der Waals surface area contributed by atoms with Crippen molar-refractivity contribution in [1.29, 1.82) is 0 Å². The highest BCUT2D eigenvalue weighted by atomic mass is 19.3. The lowest BCUT2D eigenvalue weighted by molar-refractivity contribution is 0.122. The molecule has 5 heteroatoms. The topological polar surface area (TPSA) is 29.9 Å². The van der Waals surface area contributed by atoms with Crippen molar-refractivity contribution < 1.29 is 8.78 Å². The van der Waals surface area contributed by atoms with E-state index in [1.165, 1.54) is 4.68 Å². The fourth-order valence-electron chi connectivity index (χ4n) is 1.44. The Kier molecular flexibility index (Phi) is 4.52. The first kappa shape index (κ1) is 11.9. The molecule has 0 saturated heterocycles. The van der Waals surface area contributed by atoms with Crippen LogP contribution in [0.5, 0.6) is 0 Å². The van der Waals surface area contributed by atoms with Crippen LogP contribution >= 0.6 is 0 Å². The standard InChI is InChI=1S/C10H17F2N3/c1-3-4-8(2)13-10-5-6-15(14-10)7-9(11)12/h5-6,8-9H,3-4,7H2,1-2H3,(H,13,14). The Morgan fingerprint density at radius 2 is 2.27 bits per heavy atom. The lowest BCUT2D eigenvalue weighted by atomic mass is 10.2. The van der Waals surface area contributed by atoms with E-state index in [2.05, 4.69) is 24.3 Å². The molecule has 15 heavy (non-hydrogen) atoms. The summed E-state index contributed by atoms with van der Waals surface area (Å²) in [7, 11) is 0. The Morgan fingerprint density at radius 1 is 1.53 bits per heavy atom. The van der Waals surface area contributed by atoms with E-state index in [1.54, 1.807) is 12.3 Å². The first-order chi connectivity index (χ1) is 7.11. The zero-order valence-electron chi connectivity index (χ0n) is 9.08. The molecule has 0 radical (unpaired) electrons. The lowest BCUT2D eigenvalue weighted by Gasteiger charge is -2.11. The summed E-state index contributed by atoms with van der Waals surface area (Å²) >= 11 is 0. The quantitative estimate of drug-likeness (QED) is 0.794. The van der Waals surface area contributed by atoms with Gasteiger partial charge in [0.2, 0.25) is 0 Å². The Morgan fingerprint density at radius 3 is 2.87 bits per heavy atom. The largest absolute Gasteiger partial charge is 0.366 e. The van der Waals surface area contributed by atoms with Crippen molar-refractivity contribution in [1.82, 2.24) is 9.78 Å². The van der Waals surface area contributed by atoms with Crippen LogP contribution in [0.15, 0.2) is 12.3 Å². The Balaban J connectivity index is 2.45. The summed E-state index contributed by atoms with van der Waals surface area (Å²) in [5.41, 5.74) is 0. The SMILES string of the molecule is CCCC(C)Nc1ccn(CC(F)F)n1. The number of halogens is 2. The van der Waals surface area contributed by atoms with Gasteiger partial charge < -0.3 is 5.32 Å². The molecule has 0 aliphatic rings. The van der Waals surface area contributed by atoms with Gasteiger partial charge in [-0.15, -0.1) is 0 Å². The molecule has 1 aromatic rings. The van der Waals surface area contributed by atoms with Crippen molar-refractivity contribution in [3.63, 3.8) is 0 Å². The molecule has 1 unspecified atom stereocenters. The minimum Gasteiger partial charge on any atom is -0.366 e. The van der Waals surface area contributed by atoms with Crippen LogP contribution in [-0.4, -0.2) is 22.2 Å². The average Bonchev–Trinajstić information content (AvgIpc) is 2.51. The van der Waals surface area contributed by atoms with Gasteiger partial charge in [0, 0.05) is 18.3 Å². The van der Waals surface area contributed by atoms with E-state index >= 15 is 0 Å². The fraction of sp³-hybridized carbons (Fsp3) is 0.700. The van der Waals surface area contributed by atoms with Gasteiger partial charge in [-0.1, -0.05) is 13.3 Å². The van der Waals surface area contributed by atoms with Gasteiger partial charge in [-0.3, -0.25) is 4.68 Å². The van der Waals surface area contributed by atoms with Crippen molar-refractivity contribution in [2.75, 3.05) is 5.32 Å². The van der Waals surface area contributed by atoms with Crippen molar-refractivity contribution in [3.05, 3.63) is 12.3 Å². The summed E-state index contributed by atoms with van der Waals surface area (Å²) in [4.78, 5) is 0. The van der Waals surface area contributed by atoms with E-state index in [-0.39, 0.29) is 6.54 Å². The van der Waals surface area contributed by atoms with E-state index in [0.717, 1.165) is 12.8 Å². The van der Waals surface area contributed by atoms with Crippen LogP contribution in [0.2, 0.25) is 0 Å². The Bertz CT molecular complexity index is 286. The van der Waals surface area contributed by atoms with Gasteiger partial charge in [-0.25, -0.2) is 8.78 Å². The molecule has 0 aliphatic heterocycles. The highest BCUT2D eigenvalue weighted by Crippen LogP contribution is 2.08.